The molecule has 0 atom stereocenters. The molecule has 0 saturated heterocycles. The van der Waals surface area contributed by atoms with Crippen molar-refractivity contribution in [1.82, 2.24) is 0 Å². The van der Waals surface area contributed by atoms with Crippen LogP contribution < -0.4 is 10.2 Å². The zero-order chi connectivity index (χ0) is 13.0. The second kappa shape index (κ2) is 5.79. The molecule has 97 valence electrons. The monoisotopic (exact) mass is 245 g/mol. The first-order valence-corrected chi connectivity index (χ1v) is 6.83. The lowest BCUT2D eigenvalue weighted by molar-refractivity contribution is 0.282. The summed E-state index contributed by atoms with van der Waals surface area (Å²) in [6.07, 6.45) is 3.30. The molecule has 0 aromatic heterocycles. The third-order valence-corrected chi connectivity index (χ3v) is 3.52. The summed E-state index contributed by atoms with van der Waals surface area (Å²) >= 11 is 0. The molecular weight excluding hydrogens is 223 g/mol. The molecule has 1 radical (unpaired) electrons. The van der Waals surface area contributed by atoms with E-state index in [1.165, 1.54) is 5.46 Å². The van der Waals surface area contributed by atoms with Crippen molar-refractivity contribution in [3.63, 3.8) is 0 Å². The highest BCUT2D eigenvalue weighted by atomic mass is 16.5. The van der Waals surface area contributed by atoms with Gasteiger partial charge in [-0.3, -0.25) is 0 Å². The van der Waals surface area contributed by atoms with Crippen molar-refractivity contribution < 1.29 is 9.84 Å². The Hall–Kier alpha value is -0.955. The molecule has 1 N–H and O–H groups in total. The Labute approximate surface area is 111 Å². The molecule has 0 unspecified atom stereocenters. The zero-order valence-electron chi connectivity index (χ0n) is 11.4. The van der Waals surface area contributed by atoms with E-state index in [4.69, 9.17) is 4.74 Å². The molecule has 2 rings (SSSR count). The van der Waals surface area contributed by atoms with Crippen LogP contribution in [0.4, 0.5) is 0 Å². The summed E-state index contributed by atoms with van der Waals surface area (Å²) in [5.41, 5.74) is 1.18. The van der Waals surface area contributed by atoms with Crippen LogP contribution in [0.3, 0.4) is 0 Å². The van der Waals surface area contributed by atoms with Gasteiger partial charge in [-0.15, -0.1) is 0 Å². The van der Waals surface area contributed by atoms with Crippen molar-refractivity contribution in [2.45, 2.75) is 38.4 Å². The largest absolute Gasteiger partial charge is 0.494 e. The Morgan fingerprint density at radius 1 is 1.28 bits per heavy atom. The summed E-state index contributed by atoms with van der Waals surface area (Å²) in [6.45, 7) is 5.44. The summed E-state index contributed by atoms with van der Waals surface area (Å²) in [6, 6.07) is 8.17. The maximum atomic E-state index is 9.28. The van der Waals surface area contributed by atoms with Crippen molar-refractivity contribution >= 4 is 12.7 Å². The van der Waals surface area contributed by atoms with E-state index in [2.05, 4.69) is 33.3 Å². The third-order valence-electron chi connectivity index (χ3n) is 3.52. The van der Waals surface area contributed by atoms with Crippen LogP contribution in [-0.2, 0) is 0 Å². The summed E-state index contributed by atoms with van der Waals surface area (Å²) < 4.78 is 5.68. The van der Waals surface area contributed by atoms with Gasteiger partial charge in [-0.05, 0) is 29.8 Å². The van der Waals surface area contributed by atoms with Crippen LogP contribution in [-0.4, -0.2) is 25.6 Å². The fraction of sp³-hybridized carbons (Fsp3) is 0.600. The van der Waals surface area contributed by atoms with Crippen molar-refractivity contribution in [3.05, 3.63) is 24.3 Å². The van der Waals surface area contributed by atoms with Gasteiger partial charge in [0.25, 0.3) is 0 Å². The summed E-state index contributed by atoms with van der Waals surface area (Å²) in [4.78, 5) is 0. The Morgan fingerprint density at radius 2 is 1.94 bits per heavy atom. The predicted octanol–water partition coefficient (Wildman–Crippen LogP) is 2.39. The van der Waals surface area contributed by atoms with Gasteiger partial charge in [-0.2, -0.15) is 0 Å². The minimum atomic E-state index is 0.0695. The van der Waals surface area contributed by atoms with Gasteiger partial charge in [0.15, 0.2) is 7.28 Å². The van der Waals surface area contributed by atoms with Crippen LogP contribution in [0.2, 0.25) is 5.31 Å². The summed E-state index contributed by atoms with van der Waals surface area (Å²) in [5.74, 6) is 1.61. The quantitative estimate of drug-likeness (QED) is 0.747. The van der Waals surface area contributed by atoms with Gasteiger partial charge in [0.05, 0.1) is 6.61 Å². The van der Waals surface area contributed by atoms with Crippen LogP contribution in [0.5, 0.6) is 5.75 Å². The van der Waals surface area contributed by atoms with Crippen molar-refractivity contribution in [1.29, 1.82) is 0 Å². The van der Waals surface area contributed by atoms with E-state index in [-0.39, 0.29) is 11.9 Å². The Morgan fingerprint density at radius 3 is 2.44 bits per heavy atom. The minimum absolute atomic E-state index is 0.0695. The van der Waals surface area contributed by atoms with E-state index < -0.39 is 0 Å². The van der Waals surface area contributed by atoms with Gasteiger partial charge in [0, 0.05) is 6.61 Å². The number of rotatable bonds is 7. The lowest BCUT2D eigenvalue weighted by Crippen LogP contribution is -2.22. The van der Waals surface area contributed by atoms with Gasteiger partial charge in [-0.25, -0.2) is 0 Å². The van der Waals surface area contributed by atoms with Crippen LogP contribution >= 0.6 is 0 Å². The molecule has 18 heavy (non-hydrogen) atoms. The lowest BCUT2D eigenvalue weighted by atomic mass is 9.56. The molecule has 0 bridgehead atoms. The molecule has 1 aromatic carbocycles. The average Bonchev–Trinajstić information content (AvgIpc) is 3.12. The van der Waals surface area contributed by atoms with E-state index in [0.717, 1.165) is 31.6 Å². The molecule has 1 saturated carbocycles. The predicted molar refractivity (Wildman–Crippen MR) is 75.8 cm³/mol. The fourth-order valence-electron chi connectivity index (χ4n) is 1.93. The number of aliphatic hydroxyl groups excluding tert-OH is 1. The molecule has 0 aliphatic heterocycles. The van der Waals surface area contributed by atoms with Crippen LogP contribution in [0.25, 0.3) is 0 Å². The van der Waals surface area contributed by atoms with E-state index in [0.29, 0.717) is 5.92 Å². The number of aliphatic hydroxyl groups is 1. The highest BCUT2D eigenvalue weighted by molar-refractivity contribution is 6.57. The van der Waals surface area contributed by atoms with Gasteiger partial charge in [0.2, 0.25) is 0 Å². The summed E-state index contributed by atoms with van der Waals surface area (Å²) in [7, 11) is 2.19. The highest BCUT2D eigenvalue weighted by Gasteiger charge is 2.42. The normalized spacial score (nSPS) is 16.7. The van der Waals surface area contributed by atoms with Crippen LogP contribution in [0.1, 0.15) is 33.1 Å². The number of hydrogen-bond acceptors (Lipinski definition) is 2. The average molecular weight is 245 g/mol. The van der Waals surface area contributed by atoms with Crippen molar-refractivity contribution in [2.75, 3.05) is 13.2 Å². The molecule has 1 fully saturated rings. The first kappa shape index (κ1) is 13.5. The SMILES string of the molecule is CC(C)CCOc1ccc([B]C2(CO)CC2)cc1. The number of benzene rings is 1. The van der Waals surface area contributed by atoms with Crippen molar-refractivity contribution in [3.8, 4) is 5.75 Å². The molecule has 0 amide bonds. The zero-order valence-corrected chi connectivity index (χ0v) is 11.4. The van der Waals surface area contributed by atoms with Crippen LogP contribution in [0, 0.1) is 5.92 Å². The topological polar surface area (TPSA) is 29.5 Å². The maximum Gasteiger partial charge on any atom is 0.161 e. The van der Waals surface area contributed by atoms with Crippen LogP contribution in [0.15, 0.2) is 24.3 Å². The molecule has 1 aliphatic carbocycles. The molecule has 2 nitrogen and oxygen atoms in total. The number of hydrogen-bond donors (Lipinski definition) is 1. The molecule has 1 aromatic rings. The fourth-order valence-corrected chi connectivity index (χ4v) is 1.93. The standard InChI is InChI=1S/C15H22BO2/c1-12(2)7-10-18-14-5-3-13(4-6-14)16-15(11-17)8-9-15/h3-6,12,17H,7-11H2,1-2H3. The van der Waals surface area contributed by atoms with Gasteiger partial charge < -0.3 is 9.84 Å². The Bertz CT molecular complexity index is 369. The van der Waals surface area contributed by atoms with E-state index in [1.807, 2.05) is 12.1 Å². The smallest absolute Gasteiger partial charge is 0.161 e. The first-order valence-electron chi connectivity index (χ1n) is 6.83. The summed E-state index contributed by atoms with van der Waals surface area (Å²) in [5, 5.41) is 9.35. The maximum absolute atomic E-state index is 9.28. The molecular formula is C15H22BO2. The van der Waals surface area contributed by atoms with E-state index in [1.54, 1.807) is 0 Å². The second-order valence-electron chi connectivity index (χ2n) is 5.76. The minimum Gasteiger partial charge on any atom is -0.494 e. The molecule has 3 heteroatoms. The lowest BCUT2D eigenvalue weighted by Gasteiger charge is -2.11. The third kappa shape index (κ3) is 3.77. The van der Waals surface area contributed by atoms with E-state index in [9.17, 15) is 5.11 Å². The highest BCUT2D eigenvalue weighted by Crippen LogP contribution is 2.51. The van der Waals surface area contributed by atoms with E-state index >= 15 is 0 Å². The second-order valence-corrected chi connectivity index (χ2v) is 5.76. The van der Waals surface area contributed by atoms with Crippen molar-refractivity contribution in [2.24, 2.45) is 5.92 Å². The Balaban J connectivity index is 1.82. The number of ether oxygens (including phenoxy) is 1. The Kier molecular flexibility index (Phi) is 4.33. The molecule has 0 spiro atoms. The van der Waals surface area contributed by atoms with Gasteiger partial charge in [-0.1, -0.05) is 44.3 Å². The van der Waals surface area contributed by atoms with Gasteiger partial charge >= 0.3 is 0 Å². The van der Waals surface area contributed by atoms with Gasteiger partial charge in [0.1, 0.15) is 5.75 Å². The first-order chi connectivity index (χ1) is 8.63. The molecule has 0 heterocycles. The molecule has 1 aliphatic rings.